The van der Waals surface area contributed by atoms with Crippen LogP contribution in [0.4, 0.5) is 17.1 Å². The number of nitro benzene ring substituents is 1. The Morgan fingerprint density at radius 3 is 2.57 bits per heavy atom. The topological polar surface area (TPSA) is 84.3 Å². The van der Waals surface area contributed by atoms with Crippen molar-refractivity contribution >= 4 is 23.0 Å². The van der Waals surface area contributed by atoms with Crippen LogP contribution in [0.3, 0.4) is 0 Å². The molecule has 1 unspecified atom stereocenters. The predicted octanol–water partition coefficient (Wildman–Crippen LogP) is 5.91. The van der Waals surface area contributed by atoms with Gasteiger partial charge in [-0.1, -0.05) is 43.4 Å². The molecule has 0 spiro atoms. The SMILES string of the molecule is Cc1ccc(NC2CCc3cc(NC(=O)CCC4CCCC4)c([N+](=O)[O-])cc32)cc1. The first-order chi connectivity index (χ1) is 14.5. The Morgan fingerprint density at radius 2 is 1.87 bits per heavy atom. The van der Waals surface area contributed by atoms with Gasteiger partial charge < -0.3 is 10.6 Å². The fourth-order valence-corrected chi connectivity index (χ4v) is 4.74. The molecule has 4 rings (SSSR count). The minimum atomic E-state index is -0.395. The fraction of sp³-hybridized carbons (Fsp3) is 0.458. The molecule has 2 aromatic carbocycles. The second kappa shape index (κ2) is 8.86. The van der Waals surface area contributed by atoms with Gasteiger partial charge in [-0.2, -0.15) is 0 Å². The first-order valence-corrected chi connectivity index (χ1v) is 10.9. The van der Waals surface area contributed by atoms with Gasteiger partial charge >= 0.3 is 0 Å². The molecule has 6 heteroatoms. The van der Waals surface area contributed by atoms with Gasteiger partial charge in [0.1, 0.15) is 5.69 Å². The summed E-state index contributed by atoms with van der Waals surface area (Å²) in [5.41, 5.74) is 4.51. The highest BCUT2D eigenvalue weighted by atomic mass is 16.6. The number of carbonyl (C=O) groups is 1. The Balaban J connectivity index is 1.48. The van der Waals surface area contributed by atoms with E-state index in [1.807, 2.05) is 31.2 Å². The minimum absolute atomic E-state index is 0.0272. The molecule has 0 bridgehead atoms. The molecule has 2 aliphatic rings. The van der Waals surface area contributed by atoms with Crippen LogP contribution in [-0.4, -0.2) is 10.8 Å². The Morgan fingerprint density at radius 1 is 1.13 bits per heavy atom. The zero-order valence-electron chi connectivity index (χ0n) is 17.4. The van der Waals surface area contributed by atoms with Crippen LogP contribution in [0, 0.1) is 23.0 Å². The van der Waals surface area contributed by atoms with Crippen LogP contribution in [-0.2, 0) is 11.2 Å². The van der Waals surface area contributed by atoms with Gasteiger partial charge in [-0.3, -0.25) is 14.9 Å². The van der Waals surface area contributed by atoms with Gasteiger partial charge in [0, 0.05) is 18.2 Å². The summed E-state index contributed by atoms with van der Waals surface area (Å²) < 4.78 is 0. The Bertz CT molecular complexity index is 933. The first-order valence-electron chi connectivity index (χ1n) is 10.9. The standard InChI is InChI=1S/C24H29N3O3/c1-16-6-10-19(11-7-16)25-21-12-9-18-14-22(23(27(29)30)15-20(18)21)26-24(28)13-8-17-4-2-3-5-17/h6-7,10-11,14-15,17,21,25H,2-5,8-9,12-13H2,1H3,(H,26,28). The molecule has 1 atom stereocenters. The number of benzene rings is 2. The van der Waals surface area contributed by atoms with Crippen LogP contribution >= 0.6 is 0 Å². The van der Waals surface area contributed by atoms with Crippen molar-refractivity contribution < 1.29 is 9.72 Å². The summed E-state index contributed by atoms with van der Waals surface area (Å²) in [6.07, 6.45) is 7.90. The number of nitrogens with zero attached hydrogens (tertiary/aromatic N) is 1. The van der Waals surface area contributed by atoms with Crippen molar-refractivity contribution in [2.75, 3.05) is 10.6 Å². The monoisotopic (exact) mass is 407 g/mol. The lowest BCUT2D eigenvalue weighted by atomic mass is 10.0. The van der Waals surface area contributed by atoms with Crippen LogP contribution in [0.15, 0.2) is 36.4 Å². The summed E-state index contributed by atoms with van der Waals surface area (Å²) in [5.74, 6) is 0.497. The number of nitro groups is 1. The molecule has 0 saturated heterocycles. The molecule has 1 fully saturated rings. The molecular weight excluding hydrogens is 378 g/mol. The van der Waals surface area contributed by atoms with E-state index in [2.05, 4.69) is 10.6 Å². The summed E-state index contributed by atoms with van der Waals surface area (Å²) in [6, 6.07) is 11.6. The van der Waals surface area contributed by atoms with Crippen molar-refractivity contribution in [3.63, 3.8) is 0 Å². The molecule has 30 heavy (non-hydrogen) atoms. The number of hydrogen-bond acceptors (Lipinski definition) is 4. The average molecular weight is 408 g/mol. The van der Waals surface area contributed by atoms with E-state index in [1.165, 1.54) is 31.2 Å². The molecule has 2 aromatic rings. The average Bonchev–Trinajstić information content (AvgIpc) is 3.37. The third-order valence-corrected chi connectivity index (χ3v) is 6.45. The van der Waals surface area contributed by atoms with Crippen LogP contribution in [0.25, 0.3) is 0 Å². The van der Waals surface area contributed by atoms with Crippen LogP contribution in [0.2, 0.25) is 0 Å². The van der Waals surface area contributed by atoms with Gasteiger partial charge in [-0.15, -0.1) is 0 Å². The van der Waals surface area contributed by atoms with Gasteiger partial charge in [-0.05, 0) is 61.4 Å². The molecule has 2 N–H and O–H groups in total. The van der Waals surface area contributed by atoms with Crippen molar-refractivity contribution in [3.8, 4) is 0 Å². The molecule has 1 saturated carbocycles. The van der Waals surface area contributed by atoms with Crippen LogP contribution < -0.4 is 10.6 Å². The quantitative estimate of drug-likeness (QED) is 0.441. The Labute approximate surface area is 177 Å². The first kappa shape index (κ1) is 20.4. The van der Waals surface area contributed by atoms with Gasteiger partial charge in [0.15, 0.2) is 0 Å². The highest BCUT2D eigenvalue weighted by molar-refractivity contribution is 5.93. The number of hydrogen-bond donors (Lipinski definition) is 2. The maximum absolute atomic E-state index is 12.4. The van der Waals surface area contributed by atoms with Gasteiger partial charge in [0.2, 0.25) is 5.91 Å². The number of amides is 1. The molecule has 158 valence electrons. The number of fused-ring (bicyclic) bond motifs is 1. The van der Waals surface area contributed by atoms with E-state index < -0.39 is 4.92 Å². The maximum atomic E-state index is 12.4. The van der Waals surface area contributed by atoms with Gasteiger partial charge in [-0.25, -0.2) is 0 Å². The van der Waals surface area contributed by atoms with E-state index in [-0.39, 0.29) is 17.6 Å². The number of anilines is 2. The lowest BCUT2D eigenvalue weighted by Gasteiger charge is -2.16. The van der Waals surface area contributed by atoms with E-state index in [0.29, 0.717) is 18.0 Å². The molecular formula is C24H29N3O3. The van der Waals surface area contributed by atoms with E-state index in [9.17, 15) is 14.9 Å². The predicted molar refractivity (Wildman–Crippen MR) is 119 cm³/mol. The van der Waals surface area contributed by atoms with E-state index in [0.717, 1.165) is 36.1 Å². The lowest BCUT2D eigenvalue weighted by Crippen LogP contribution is -2.14. The summed E-state index contributed by atoms with van der Waals surface area (Å²) in [5, 5.41) is 18.0. The summed E-state index contributed by atoms with van der Waals surface area (Å²) >= 11 is 0. The third-order valence-electron chi connectivity index (χ3n) is 6.45. The fourth-order valence-electron chi connectivity index (χ4n) is 4.74. The van der Waals surface area contributed by atoms with Crippen molar-refractivity contribution in [1.82, 2.24) is 0 Å². The van der Waals surface area contributed by atoms with Crippen LogP contribution in [0.5, 0.6) is 0 Å². The molecule has 2 aliphatic carbocycles. The maximum Gasteiger partial charge on any atom is 0.293 e. The van der Waals surface area contributed by atoms with Crippen LogP contribution in [0.1, 0.15) is 67.7 Å². The minimum Gasteiger partial charge on any atom is -0.378 e. The van der Waals surface area contributed by atoms with Crippen molar-refractivity contribution in [3.05, 3.63) is 63.2 Å². The summed E-state index contributed by atoms with van der Waals surface area (Å²) in [6.45, 7) is 2.04. The van der Waals surface area contributed by atoms with Crippen molar-refractivity contribution in [2.24, 2.45) is 5.92 Å². The highest BCUT2D eigenvalue weighted by Gasteiger charge is 2.28. The second-order valence-corrected chi connectivity index (χ2v) is 8.66. The zero-order valence-corrected chi connectivity index (χ0v) is 17.4. The molecule has 0 aliphatic heterocycles. The largest absolute Gasteiger partial charge is 0.378 e. The van der Waals surface area contributed by atoms with Gasteiger partial charge in [0.25, 0.3) is 5.69 Å². The molecule has 6 nitrogen and oxygen atoms in total. The number of nitrogens with one attached hydrogen (secondary N) is 2. The number of rotatable bonds is 7. The molecule has 1 amide bonds. The Hall–Kier alpha value is -2.89. The smallest absolute Gasteiger partial charge is 0.293 e. The number of aryl methyl sites for hydroxylation is 2. The molecule has 0 radical (unpaired) electrons. The second-order valence-electron chi connectivity index (χ2n) is 8.66. The van der Waals surface area contributed by atoms with E-state index in [1.54, 1.807) is 12.1 Å². The normalized spacial score (nSPS) is 18.2. The van der Waals surface area contributed by atoms with E-state index in [4.69, 9.17) is 0 Å². The number of carbonyl (C=O) groups excluding carboxylic acids is 1. The van der Waals surface area contributed by atoms with E-state index >= 15 is 0 Å². The highest BCUT2D eigenvalue weighted by Crippen LogP contribution is 2.40. The van der Waals surface area contributed by atoms with Crippen molar-refractivity contribution in [2.45, 2.75) is 64.3 Å². The van der Waals surface area contributed by atoms with Gasteiger partial charge in [0.05, 0.1) is 11.0 Å². The summed E-state index contributed by atoms with van der Waals surface area (Å²) in [7, 11) is 0. The summed E-state index contributed by atoms with van der Waals surface area (Å²) in [4.78, 5) is 23.7. The molecule has 0 aromatic heterocycles. The molecule has 0 heterocycles. The lowest BCUT2D eigenvalue weighted by molar-refractivity contribution is -0.384. The zero-order chi connectivity index (χ0) is 21.1. The third kappa shape index (κ3) is 4.64. The van der Waals surface area contributed by atoms with Crippen molar-refractivity contribution in [1.29, 1.82) is 0 Å². The Kier molecular flexibility index (Phi) is 6.02.